The summed E-state index contributed by atoms with van der Waals surface area (Å²) in [4.78, 5) is 0. The Kier molecular flexibility index (Phi) is 3.56. The summed E-state index contributed by atoms with van der Waals surface area (Å²) in [6, 6.07) is 5.71. The van der Waals surface area contributed by atoms with E-state index in [2.05, 4.69) is 12.2 Å². The van der Waals surface area contributed by atoms with Crippen LogP contribution in [0, 0.1) is 0 Å². The number of nitrogens with two attached hydrogens (primary N) is 1. The molecule has 1 heterocycles. The van der Waals surface area contributed by atoms with Crippen molar-refractivity contribution >= 4 is 23.0 Å². The van der Waals surface area contributed by atoms with Crippen LogP contribution in [0.25, 0.3) is 0 Å². The van der Waals surface area contributed by atoms with Gasteiger partial charge in [0.05, 0.1) is 17.5 Å². The Morgan fingerprint density at radius 2 is 2.38 bits per heavy atom. The van der Waals surface area contributed by atoms with E-state index in [4.69, 9.17) is 22.1 Å². The normalized spacial score (nSPS) is 22.0. The molecular formula is C12H17ClN2O. The Labute approximate surface area is 101 Å². The summed E-state index contributed by atoms with van der Waals surface area (Å²) in [5.74, 6) is 0. The fraction of sp³-hybridized carbons (Fsp3) is 0.500. The minimum atomic E-state index is 0.253. The first-order valence-electron chi connectivity index (χ1n) is 5.60. The maximum absolute atomic E-state index is 5.93. The minimum Gasteiger partial charge on any atom is -0.397 e. The van der Waals surface area contributed by atoms with Gasteiger partial charge >= 0.3 is 0 Å². The topological polar surface area (TPSA) is 47.3 Å². The Balaban J connectivity index is 2.04. The highest BCUT2D eigenvalue weighted by atomic mass is 35.5. The number of hydrogen-bond acceptors (Lipinski definition) is 3. The number of ether oxygens (including phenoxy) is 1. The van der Waals surface area contributed by atoms with Crippen molar-refractivity contribution in [1.29, 1.82) is 0 Å². The van der Waals surface area contributed by atoms with Gasteiger partial charge < -0.3 is 15.8 Å². The lowest BCUT2D eigenvalue weighted by Crippen LogP contribution is -2.30. The molecule has 2 atom stereocenters. The van der Waals surface area contributed by atoms with E-state index in [0.29, 0.717) is 10.7 Å². The molecule has 16 heavy (non-hydrogen) atoms. The van der Waals surface area contributed by atoms with Gasteiger partial charge in [0.15, 0.2) is 0 Å². The lowest BCUT2D eigenvalue weighted by atomic mass is 10.1. The average molecular weight is 241 g/mol. The molecule has 1 aliphatic heterocycles. The third kappa shape index (κ3) is 2.60. The lowest BCUT2D eigenvalue weighted by Gasteiger charge is -2.22. The molecule has 1 aromatic carbocycles. The number of nitrogen functional groups attached to an aromatic ring is 1. The van der Waals surface area contributed by atoms with Gasteiger partial charge in [-0.2, -0.15) is 0 Å². The van der Waals surface area contributed by atoms with Gasteiger partial charge in [0.1, 0.15) is 0 Å². The Morgan fingerprint density at radius 1 is 1.56 bits per heavy atom. The van der Waals surface area contributed by atoms with Gasteiger partial charge in [-0.15, -0.1) is 0 Å². The predicted octanol–water partition coefficient (Wildman–Crippen LogP) is 2.90. The van der Waals surface area contributed by atoms with Crippen molar-refractivity contribution in [3.05, 3.63) is 23.2 Å². The first-order valence-corrected chi connectivity index (χ1v) is 5.98. The van der Waals surface area contributed by atoms with Crippen LogP contribution in [0.4, 0.5) is 11.4 Å². The molecule has 4 heteroatoms. The molecule has 88 valence electrons. The van der Waals surface area contributed by atoms with Crippen molar-refractivity contribution in [3.63, 3.8) is 0 Å². The lowest BCUT2D eigenvalue weighted by molar-refractivity contribution is 0.0997. The summed E-state index contributed by atoms with van der Waals surface area (Å²) in [5, 5.41) is 4.05. The molecule has 3 N–H and O–H groups in total. The molecule has 0 aliphatic carbocycles. The number of nitrogens with one attached hydrogen (secondary N) is 1. The number of benzene rings is 1. The third-order valence-corrected chi connectivity index (χ3v) is 3.16. The molecule has 2 rings (SSSR count). The molecule has 0 radical (unpaired) electrons. The van der Waals surface area contributed by atoms with Crippen molar-refractivity contribution in [2.24, 2.45) is 0 Å². The SMILES string of the molecule is CC(Nc1cc(Cl)ccc1N)C1CCCO1. The van der Waals surface area contributed by atoms with Crippen molar-refractivity contribution in [2.75, 3.05) is 17.7 Å². The molecule has 0 aromatic heterocycles. The molecule has 1 fully saturated rings. The quantitative estimate of drug-likeness (QED) is 0.799. The predicted molar refractivity (Wildman–Crippen MR) is 67.9 cm³/mol. The molecule has 1 saturated heterocycles. The Bertz CT molecular complexity index is 364. The van der Waals surface area contributed by atoms with Crippen LogP contribution in [-0.2, 0) is 4.74 Å². The molecule has 0 spiro atoms. The van der Waals surface area contributed by atoms with Crippen LogP contribution in [0.1, 0.15) is 19.8 Å². The van der Waals surface area contributed by atoms with Crippen LogP contribution in [0.3, 0.4) is 0 Å². The standard InChI is InChI=1S/C12H17ClN2O/c1-8(12-3-2-6-16-12)15-11-7-9(13)4-5-10(11)14/h4-5,7-8,12,15H,2-3,6,14H2,1H3. The van der Waals surface area contributed by atoms with Crippen molar-refractivity contribution in [3.8, 4) is 0 Å². The molecule has 1 aliphatic rings. The van der Waals surface area contributed by atoms with E-state index >= 15 is 0 Å². The molecule has 3 nitrogen and oxygen atoms in total. The number of rotatable bonds is 3. The van der Waals surface area contributed by atoms with Crippen LogP contribution >= 0.6 is 11.6 Å². The summed E-state index contributed by atoms with van der Waals surface area (Å²) in [6.07, 6.45) is 2.52. The van der Waals surface area contributed by atoms with E-state index < -0.39 is 0 Å². The van der Waals surface area contributed by atoms with Gasteiger partial charge in [-0.25, -0.2) is 0 Å². The Morgan fingerprint density at radius 3 is 3.06 bits per heavy atom. The summed E-state index contributed by atoms with van der Waals surface area (Å²) >= 11 is 5.93. The molecule has 0 saturated carbocycles. The van der Waals surface area contributed by atoms with Gasteiger partial charge in [-0.05, 0) is 38.0 Å². The average Bonchev–Trinajstić information content (AvgIpc) is 2.76. The van der Waals surface area contributed by atoms with E-state index in [-0.39, 0.29) is 12.1 Å². The van der Waals surface area contributed by atoms with Crippen molar-refractivity contribution < 1.29 is 4.74 Å². The zero-order chi connectivity index (χ0) is 11.5. The molecule has 0 bridgehead atoms. The maximum atomic E-state index is 5.93. The summed E-state index contributed by atoms with van der Waals surface area (Å²) in [7, 11) is 0. The molecular weight excluding hydrogens is 224 g/mol. The second-order valence-electron chi connectivity index (χ2n) is 4.22. The highest BCUT2D eigenvalue weighted by Gasteiger charge is 2.22. The largest absolute Gasteiger partial charge is 0.397 e. The van der Waals surface area contributed by atoms with Crippen LogP contribution in [0.15, 0.2) is 18.2 Å². The second-order valence-corrected chi connectivity index (χ2v) is 4.65. The van der Waals surface area contributed by atoms with E-state index in [1.54, 1.807) is 6.07 Å². The fourth-order valence-corrected chi connectivity index (χ4v) is 2.16. The number of hydrogen-bond donors (Lipinski definition) is 2. The van der Waals surface area contributed by atoms with E-state index in [0.717, 1.165) is 25.1 Å². The zero-order valence-electron chi connectivity index (χ0n) is 9.37. The van der Waals surface area contributed by atoms with Crippen molar-refractivity contribution in [2.45, 2.75) is 31.9 Å². The first kappa shape index (κ1) is 11.6. The Hall–Kier alpha value is -0.930. The number of anilines is 2. The van der Waals surface area contributed by atoms with Gasteiger partial charge in [0.25, 0.3) is 0 Å². The smallest absolute Gasteiger partial charge is 0.0774 e. The minimum absolute atomic E-state index is 0.253. The van der Waals surface area contributed by atoms with E-state index in [9.17, 15) is 0 Å². The van der Waals surface area contributed by atoms with Crippen LogP contribution in [0.5, 0.6) is 0 Å². The summed E-state index contributed by atoms with van der Waals surface area (Å²) < 4.78 is 5.62. The number of halogens is 1. The molecule has 2 unspecified atom stereocenters. The van der Waals surface area contributed by atoms with E-state index in [1.807, 2.05) is 12.1 Å². The van der Waals surface area contributed by atoms with Gasteiger partial charge in [-0.1, -0.05) is 11.6 Å². The molecule has 1 aromatic rings. The highest BCUT2D eigenvalue weighted by Crippen LogP contribution is 2.25. The van der Waals surface area contributed by atoms with Crippen LogP contribution in [-0.4, -0.2) is 18.8 Å². The fourth-order valence-electron chi connectivity index (χ4n) is 1.99. The summed E-state index contributed by atoms with van der Waals surface area (Å²) in [5.41, 5.74) is 7.48. The van der Waals surface area contributed by atoms with Gasteiger partial charge in [0, 0.05) is 17.7 Å². The monoisotopic (exact) mass is 240 g/mol. The van der Waals surface area contributed by atoms with Gasteiger partial charge in [0.2, 0.25) is 0 Å². The molecule has 0 amide bonds. The van der Waals surface area contributed by atoms with Crippen LogP contribution < -0.4 is 11.1 Å². The van der Waals surface area contributed by atoms with Gasteiger partial charge in [-0.3, -0.25) is 0 Å². The van der Waals surface area contributed by atoms with Crippen LogP contribution in [0.2, 0.25) is 5.02 Å². The first-order chi connectivity index (χ1) is 7.66. The van der Waals surface area contributed by atoms with E-state index in [1.165, 1.54) is 0 Å². The van der Waals surface area contributed by atoms with Crippen molar-refractivity contribution in [1.82, 2.24) is 0 Å². The third-order valence-electron chi connectivity index (χ3n) is 2.92. The highest BCUT2D eigenvalue weighted by molar-refractivity contribution is 6.31. The summed E-state index contributed by atoms with van der Waals surface area (Å²) in [6.45, 7) is 2.97. The zero-order valence-corrected chi connectivity index (χ0v) is 10.1. The second kappa shape index (κ2) is 4.93. The maximum Gasteiger partial charge on any atom is 0.0774 e.